The molecule has 0 saturated carbocycles. The van der Waals surface area contributed by atoms with Gasteiger partial charge in [0, 0.05) is 20.4 Å². The van der Waals surface area contributed by atoms with Gasteiger partial charge in [0.15, 0.2) is 0 Å². The summed E-state index contributed by atoms with van der Waals surface area (Å²) in [6.07, 6.45) is 2.16. The van der Waals surface area contributed by atoms with E-state index in [2.05, 4.69) is 44.8 Å². The van der Waals surface area contributed by atoms with Crippen molar-refractivity contribution in [2.75, 3.05) is 7.05 Å². The molecule has 0 radical (unpaired) electrons. The van der Waals surface area contributed by atoms with E-state index in [4.69, 9.17) is 11.6 Å². The second-order valence-electron chi connectivity index (χ2n) is 4.16. The fraction of sp³-hybridized carbons (Fsp3) is 0.286. The molecule has 0 bridgehead atoms. The molecule has 0 aliphatic carbocycles. The first kappa shape index (κ1) is 14.1. The van der Waals surface area contributed by atoms with Gasteiger partial charge in [-0.1, -0.05) is 33.6 Å². The number of rotatable bonds is 5. The summed E-state index contributed by atoms with van der Waals surface area (Å²) in [7, 11) is 1.99. The Morgan fingerprint density at radius 3 is 2.83 bits per heavy atom. The van der Waals surface area contributed by atoms with Crippen molar-refractivity contribution in [1.29, 1.82) is 0 Å². The van der Waals surface area contributed by atoms with Gasteiger partial charge in [0.1, 0.15) is 0 Å². The predicted molar refractivity (Wildman–Crippen MR) is 83.6 cm³/mol. The predicted octanol–water partition coefficient (Wildman–Crippen LogP) is 5.06. The van der Waals surface area contributed by atoms with Crippen LogP contribution in [0.2, 0.25) is 5.02 Å². The van der Waals surface area contributed by atoms with Gasteiger partial charge in [-0.15, -0.1) is 11.3 Å². The van der Waals surface area contributed by atoms with Crippen molar-refractivity contribution >= 4 is 38.9 Å². The molecule has 1 aromatic heterocycles. The van der Waals surface area contributed by atoms with E-state index < -0.39 is 0 Å². The zero-order valence-corrected chi connectivity index (χ0v) is 13.3. The molecule has 2 aromatic rings. The zero-order chi connectivity index (χ0) is 13.0. The Morgan fingerprint density at radius 1 is 1.39 bits per heavy atom. The lowest BCUT2D eigenvalue weighted by Crippen LogP contribution is -2.17. The van der Waals surface area contributed by atoms with Gasteiger partial charge in [-0.2, -0.15) is 0 Å². The number of hydrogen-bond donors (Lipinski definition) is 1. The van der Waals surface area contributed by atoms with Crippen molar-refractivity contribution in [1.82, 2.24) is 5.32 Å². The van der Waals surface area contributed by atoms with Crippen LogP contribution in [0, 0.1) is 0 Å². The first-order chi connectivity index (χ1) is 8.69. The molecule has 1 N–H and O–H groups in total. The minimum absolute atomic E-state index is 0.335. The lowest BCUT2D eigenvalue weighted by molar-refractivity contribution is 0.551. The lowest BCUT2D eigenvalue weighted by atomic mass is 10.0. The normalized spacial score (nSPS) is 12.6. The number of thiophene rings is 1. The second kappa shape index (κ2) is 6.71. The molecule has 0 fully saturated rings. The Bertz CT molecular complexity index is 478. The highest BCUT2D eigenvalue weighted by molar-refractivity contribution is 9.10. The Kier molecular flexibility index (Phi) is 5.25. The molecule has 18 heavy (non-hydrogen) atoms. The summed E-state index contributed by atoms with van der Waals surface area (Å²) in [5.74, 6) is 0. The van der Waals surface area contributed by atoms with Gasteiger partial charge in [-0.3, -0.25) is 0 Å². The van der Waals surface area contributed by atoms with Crippen molar-refractivity contribution in [3.8, 4) is 0 Å². The van der Waals surface area contributed by atoms with Crippen molar-refractivity contribution in [3.05, 3.63) is 55.6 Å². The minimum Gasteiger partial charge on any atom is -0.313 e. The van der Waals surface area contributed by atoms with Crippen LogP contribution in [0.3, 0.4) is 0 Å². The Hall–Kier alpha value is -0.350. The third-order valence-electron chi connectivity index (χ3n) is 2.90. The number of nitrogens with one attached hydrogen (secondary N) is 1. The SMILES string of the molecule is CNC(CCc1cccs1)c1cc(Cl)cc(Br)c1. The minimum atomic E-state index is 0.335. The molecule has 0 aliphatic rings. The van der Waals surface area contributed by atoms with Gasteiger partial charge in [0.25, 0.3) is 0 Å². The van der Waals surface area contributed by atoms with Crippen LogP contribution in [0.5, 0.6) is 0 Å². The Balaban J connectivity index is 2.07. The average molecular weight is 345 g/mol. The smallest absolute Gasteiger partial charge is 0.0420 e. The van der Waals surface area contributed by atoms with E-state index in [9.17, 15) is 0 Å². The van der Waals surface area contributed by atoms with Crippen LogP contribution >= 0.6 is 38.9 Å². The molecule has 4 heteroatoms. The van der Waals surface area contributed by atoms with Crippen molar-refractivity contribution in [2.45, 2.75) is 18.9 Å². The molecule has 1 aromatic carbocycles. The summed E-state index contributed by atoms with van der Waals surface area (Å²) in [6.45, 7) is 0. The van der Waals surface area contributed by atoms with E-state index in [0.717, 1.165) is 22.3 Å². The largest absolute Gasteiger partial charge is 0.313 e. The van der Waals surface area contributed by atoms with E-state index >= 15 is 0 Å². The fourth-order valence-corrected chi connectivity index (χ4v) is 3.61. The van der Waals surface area contributed by atoms with Gasteiger partial charge < -0.3 is 5.32 Å². The van der Waals surface area contributed by atoms with Gasteiger partial charge in [-0.25, -0.2) is 0 Å². The summed E-state index contributed by atoms with van der Waals surface area (Å²) in [5, 5.41) is 6.26. The van der Waals surface area contributed by atoms with Crippen molar-refractivity contribution in [2.24, 2.45) is 0 Å². The number of benzene rings is 1. The van der Waals surface area contributed by atoms with E-state index in [1.165, 1.54) is 10.4 Å². The first-order valence-electron chi connectivity index (χ1n) is 5.84. The molecular formula is C14H15BrClNS. The molecule has 1 unspecified atom stereocenters. The number of hydrogen-bond acceptors (Lipinski definition) is 2. The fourth-order valence-electron chi connectivity index (χ4n) is 2.00. The van der Waals surface area contributed by atoms with Crippen LogP contribution in [0.25, 0.3) is 0 Å². The first-order valence-corrected chi connectivity index (χ1v) is 7.89. The summed E-state index contributed by atoms with van der Waals surface area (Å²) in [6, 6.07) is 10.7. The quantitative estimate of drug-likeness (QED) is 0.799. The highest BCUT2D eigenvalue weighted by Crippen LogP contribution is 2.26. The molecule has 0 spiro atoms. The van der Waals surface area contributed by atoms with Gasteiger partial charge >= 0.3 is 0 Å². The summed E-state index contributed by atoms with van der Waals surface area (Å²) < 4.78 is 1.03. The maximum atomic E-state index is 6.10. The maximum absolute atomic E-state index is 6.10. The van der Waals surface area contributed by atoms with Crippen LogP contribution in [0.15, 0.2) is 40.2 Å². The topological polar surface area (TPSA) is 12.0 Å². The van der Waals surface area contributed by atoms with E-state index in [0.29, 0.717) is 6.04 Å². The molecule has 2 rings (SSSR count). The highest BCUT2D eigenvalue weighted by atomic mass is 79.9. The molecule has 0 saturated heterocycles. The van der Waals surface area contributed by atoms with E-state index in [1.807, 2.05) is 30.5 Å². The molecular weight excluding hydrogens is 330 g/mol. The molecule has 1 heterocycles. The monoisotopic (exact) mass is 343 g/mol. The maximum Gasteiger partial charge on any atom is 0.0420 e. The summed E-state index contributed by atoms with van der Waals surface area (Å²) in [4.78, 5) is 1.43. The molecule has 0 aliphatic heterocycles. The van der Waals surface area contributed by atoms with Gasteiger partial charge in [0.2, 0.25) is 0 Å². The summed E-state index contributed by atoms with van der Waals surface area (Å²) >= 11 is 11.4. The zero-order valence-electron chi connectivity index (χ0n) is 10.1. The van der Waals surface area contributed by atoms with Crippen LogP contribution in [-0.4, -0.2) is 7.05 Å². The highest BCUT2D eigenvalue weighted by Gasteiger charge is 2.11. The van der Waals surface area contributed by atoms with Crippen LogP contribution in [-0.2, 0) is 6.42 Å². The molecule has 1 atom stereocenters. The Morgan fingerprint density at radius 2 is 2.22 bits per heavy atom. The van der Waals surface area contributed by atoms with Crippen molar-refractivity contribution < 1.29 is 0 Å². The average Bonchev–Trinajstić information content (AvgIpc) is 2.81. The number of aryl methyl sites for hydroxylation is 1. The molecule has 1 nitrogen and oxygen atoms in total. The summed E-state index contributed by atoms with van der Waals surface area (Å²) in [5.41, 5.74) is 1.23. The molecule has 0 amide bonds. The van der Waals surface area contributed by atoms with Crippen LogP contribution in [0.4, 0.5) is 0 Å². The van der Waals surface area contributed by atoms with Crippen LogP contribution < -0.4 is 5.32 Å². The van der Waals surface area contributed by atoms with Crippen LogP contribution in [0.1, 0.15) is 22.9 Å². The van der Waals surface area contributed by atoms with Gasteiger partial charge in [-0.05, 0) is 55.1 Å². The standard InChI is InChI=1S/C14H15BrClNS/c1-17-14(5-4-13-3-2-6-18-13)10-7-11(15)9-12(16)8-10/h2-3,6-9,14,17H,4-5H2,1H3. The van der Waals surface area contributed by atoms with E-state index in [-0.39, 0.29) is 0 Å². The molecule has 96 valence electrons. The van der Waals surface area contributed by atoms with Gasteiger partial charge in [0.05, 0.1) is 0 Å². The van der Waals surface area contributed by atoms with E-state index in [1.54, 1.807) is 0 Å². The van der Waals surface area contributed by atoms with Crippen molar-refractivity contribution in [3.63, 3.8) is 0 Å². The third kappa shape index (κ3) is 3.82. The lowest BCUT2D eigenvalue weighted by Gasteiger charge is -2.17. The number of halogens is 2. The second-order valence-corrected chi connectivity index (χ2v) is 6.55. The Labute approximate surface area is 125 Å². The third-order valence-corrected chi connectivity index (χ3v) is 4.51.